The van der Waals surface area contributed by atoms with Crippen LogP contribution in [0.2, 0.25) is 0 Å². The van der Waals surface area contributed by atoms with Gasteiger partial charge in [0.1, 0.15) is 5.82 Å². The number of carbonyl (C=O) groups is 2. The van der Waals surface area contributed by atoms with Crippen molar-refractivity contribution in [1.82, 2.24) is 15.3 Å². The number of H-pyrrole nitrogens is 1. The van der Waals surface area contributed by atoms with Crippen LogP contribution in [0.4, 0.5) is 10.5 Å². The molecule has 5 N–H and O–H groups in total. The fourth-order valence-corrected chi connectivity index (χ4v) is 3.60. The number of carboxylic acid groups (broad SMARTS) is 1. The maximum Gasteiger partial charge on any atom is 0.358 e. The van der Waals surface area contributed by atoms with Gasteiger partial charge in [-0.1, -0.05) is 54.6 Å². The van der Waals surface area contributed by atoms with Crippen LogP contribution in [0.15, 0.2) is 71.5 Å². The molecule has 0 saturated heterocycles. The first kappa shape index (κ1) is 21.6. The Morgan fingerprint density at radius 3 is 2.48 bits per heavy atom. The van der Waals surface area contributed by atoms with E-state index in [0.717, 1.165) is 16.3 Å². The third-order valence-electron chi connectivity index (χ3n) is 5.17. The molecule has 1 atom stereocenters. The molecule has 0 radical (unpaired) electrons. The highest BCUT2D eigenvalue weighted by Crippen LogP contribution is 2.27. The minimum Gasteiger partial charge on any atom is -0.501 e. The zero-order chi connectivity index (χ0) is 23.5. The summed E-state index contributed by atoms with van der Waals surface area (Å²) in [5.74, 6) is -2.64. The lowest BCUT2D eigenvalue weighted by Crippen LogP contribution is -2.31. The van der Waals surface area contributed by atoms with Crippen LogP contribution in [0.5, 0.6) is 5.75 Å². The molecule has 0 spiro atoms. The molecule has 0 saturated carbocycles. The zero-order valence-corrected chi connectivity index (χ0v) is 17.5. The quantitative estimate of drug-likeness (QED) is 0.316. The maximum absolute atomic E-state index is 12.8. The van der Waals surface area contributed by atoms with E-state index in [-0.39, 0.29) is 17.4 Å². The number of rotatable bonds is 5. The first-order chi connectivity index (χ1) is 15.8. The lowest BCUT2D eigenvalue weighted by Gasteiger charge is -2.18. The third kappa shape index (κ3) is 4.38. The summed E-state index contributed by atoms with van der Waals surface area (Å²) in [5, 5.41) is 26.6. The number of fused-ring (bicyclic) bond motifs is 1. The molecule has 0 aliphatic carbocycles. The Bertz CT molecular complexity index is 1420. The van der Waals surface area contributed by atoms with Crippen LogP contribution in [0, 0.1) is 0 Å². The molecule has 4 aromatic rings. The van der Waals surface area contributed by atoms with E-state index in [0.29, 0.717) is 5.69 Å². The molecule has 2 amide bonds. The highest BCUT2D eigenvalue weighted by Gasteiger charge is 2.20. The van der Waals surface area contributed by atoms with Gasteiger partial charge >= 0.3 is 12.0 Å². The summed E-state index contributed by atoms with van der Waals surface area (Å²) < 4.78 is 0. The molecule has 1 unspecified atom stereocenters. The summed E-state index contributed by atoms with van der Waals surface area (Å²) in [7, 11) is 0. The van der Waals surface area contributed by atoms with Gasteiger partial charge in [0.25, 0.3) is 5.56 Å². The van der Waals surface area contributed by atoms with Crippen molar-refractivity contribution < 1.29 is 19.8 Å². The summed E-state index contributed by atoms with van der Waals surface area (Å²) in [6.07, 6.45) is 0. The minimum absolute atomic E-state index is 0.104. The molecule has 1 heterocycles. The molecule has 4 rings (SSSR count). The van der Waals surface area contributed by atoms with Crippen molar-refractivity contribution in [3.05, 3.63) is 88.3 Å². The second-order valence-corrected chi connectivity index (χ2v) is 7.35. The van der Waals surface area contributed by atoms with Gasteiger partial charge in [-0.15, -0.1) is 0 Å². The van der Waals surface area contributed by atoms with Crippen molar-refractivity contribution in [2.24, 2.45) is 0 Å². The lowest BCUT2D eigenvalue weighted by molar-refractivity contribution is 0.0686. The van der Waals surface area contributed by atoms with Gasteiger partial charge in [0, 0.05) is 5.56 Å². The van der Waals surface area contributed by atoms with E-state index in [1.54, 1.807) is 24.3 Å². The van der Waals surface area contributed by atoms with Gasteiger partial charge in [-0.25, -0.2) is 14.6 Å². The number of anilines is 1. The Hall–Kier alpha value is -4.66. The van der Waals surface area contributed by atoms with Crippen LogP contribution in [0.1, 0.15) is 29.0 Å². The summed E-state index contributed by atoms with van der Waals surface area (Å²) in [5.41, 5.74) is -0.249. The molecular formula is C24H20N4O5. The number of hydrogen-bond acceptors (Lipinski definition) is 5. The first-order valence-corrected chi connectivity index (χ1v) is 10.1. The van der Waals surface area contributed by atoms with Gasteiger partial charge < -0.3 is 25.8 Å². The Labute approximate surface area is 187 Å². The van der Waals surface area contributed by atoms with E-state index >= 15 is 0 Å². The second kappa shape index (κ2) is 8.83. The van der Waals surface area contributed by atoms with Gasteiger partial charge in [0.2, 0.25) is 5.75 Å². The van der Waals surface area contributed by atoms with Gasteiger partial charge in [-0.2, -0.15) is 0 Å². The fourth-order valence-electron chi connectivity index (χ4n) is 3.60. The van der Waals surface area contributed by atoms with Crippen molar-refractivity contribution in [3.8, 4) is 17.1 Å². The number of aromatic hydroxyl groups is 1. The Balaban J connectivity index is 1.60. The number of aromatic amines is 1. The van der Waals surface area contributed by atoms with Crippen molar-refractivity contribution in [2.45, 2.75) is 13.0 Å². The first-order valence-electron chi connectivity index (χ1n) is 10.1. The van der Waals surface area contributed by atoms with Gasteiger partial charge in [0.15, 0.2) is 5.69 Å². The second-order valence-electron chi connectivity index (χ2n) is 7.35. The van der Waals surface area contributed by atoms with Crippen LogP contribution in [-0.2, 0) is 0 Å². The number of nitrogens with one attached hydrogen (secondary N) is 3. The molecule has 9 nitrogen and oxygen atoms in total. The predicted molar refractivity (Wildman–Crippen MR) is 123 cm³/mol. The van der Waals surface area contributed by atoms with Crippen molar-refractivity contribution >= 4 is 28.5 Å². The fraction of sp³-hybridized carbons (Fsp3) is 0.0833. The largest absolute Gasteiger partial charge is 0.501 e. The summed E-state index contributed by atoms with van der Waals surface area (Å²) >= 11 is 0. The molecule has 0 aliphatic rings. The van der Waals surface area contributed by atoms with Gasteiger partial charge in [-0.05, 0) is 35.4 Å². The molecule has 9 heteroatoms. The van der Waals surface area contributed by atoms with Crippen molar-refractivity contribution in [2.75, 3.05) is 5.32 Å². The SMILES string of the molecule is CC(NC(=O)Nc1ccccc1-c1nc(C(=O)O)c(O)c(=O)[nH]1)c1cccc2ccccc12. The number of amides is 2. The molecule has 1 aromatic heterocycles. The number of benzene rings is 3. The molecule has 166 valence electrons. The third-order valence-corrected chi connectivity index (χ3v) is 5.17. The molecular weight excluding hydrogens is 424 g/mol. The topological polar surface area (TPSA) is 144 Å². The van der Waals surface area contributed by atoms with Crippen LogP contribution in [0.3, 0.4) is 0 Å². The van der Waals surface area contributed by atoms with Crippen molar-refractivity contribution in [1.29, 1.82) is 0 Å². The number of hydrogen-bond donors (Lipinski definition) is 5. The lowest BCUT2D eigenvalue weighted by atomic mass is 10.00. The number of carbonyl (C=O) groups excluding carboxylic acids is 1. The Kier molecular flexibility index (Phi) is 5.77. The number of para-hydroxylation sites is 1. The summed E-state index contributed by atoms with van der Waals surface area (Å²) in [6.45, 7) is 1.87. The van der Waals surface area contributed by atoms with Gasteiger partial charge in [0.05, 0.1) is 11.7 Å². The van der Waals surface area contributed by atoms with E-state index in [9.17, 15) is 24.6 Å². The molecule has 33 heavy (non-hydrogen) atoms. The van der Waals surface area contributed by atoms with Crippen molar-refractivity contribution in [3.63, 3.8) is 0 Å². The highest BCUT2D eigenvalue weighted by atomic mass is 16.4. The van der Waals surface area contributed by atoms with E-state index in [1.165, 1.54) is 0 Å². The molecule has 0 fully saturated rings. The Morgan fingerprint density at radius 1 is 1.00 bits per heavy atom. The number of aromatic carboxylic acids is 1. The molecule has 0 aliphatic heterocycles. The predicted octanol–water partition coefficient (Wildman–Crippen LogP) is 3.88. The van der Waals surface area contributed by atoms with Crippen LogP contribution < -0.4 is 16.2 Å². The standard InChI is InChI=1S/C24H20N4O5/c1-13(15-11-6-8-14-7-2-3-9-16(14)15)25-24(33)26-18-12-5-4-10-17(18)21-27-19(23(31)32)20(29)22(30)28-21/h2-13,29H,1H3,(H,31,32)(H2,25,26,33)(H,27,28,30). The number of aromatic nitrogens is 2. The van der Waals surface area contributed by atoms with Crippen LogP contribution in [0.25, 0.3) is 22.2 Å². The van der Waals surface area contributed by atoms with E-state index in [2.05, 4.69) is 20.6 Å². The van der Waals surface area contributed by atoms with E-state index in [4.69, 9.17) is 0 Å². The normalized spacial score (nSPS) is 11.7. The van der Waals surface area contributed by atoms with Gasteiger partial charge in [-0.3, -0.25) is 4.79 Å². The van der Waals surface area contributed by atoms with Crippen LogP contribution >= 0.6 is 0 Å². The highest BCUT2D eigenvalue weighted by molar-refractivity contribution is 5.95. The van der Waals surface area contributed by atoms with E-state index in [1.807, 2.05) is 49.4 Å². The summed E-state index contributed by atoms with van der Waals surface area (Å²) in [6, 6.07) is 19.4. The molecule has 3 aromatic carbocycles. The number of urea groups is 1. The summed E-state index contributed by atoms with van der Waals surface area (Å²) in [4.78, 5) is 42.2. The molecule has 0 bridgehead atoms. The average molecular weight is 444 g/mol. The average Bonchev–Trinajstić information content (AvgIpc) is 2.80. The maximum atomic E-state index is 12.8. The minimum atomic E-state index is -1.55. The monoisotopic (exact) mass is 444 g/mol. The number of carboxylic acids is 1. The smallest absolute Gasteiger partial charge is 0.358 e. The Morgan fingerprint density at radius 2 is 1.70 bits per heavy atom. The van der Waals surface area contributed by atoms with Crippen LogP contribution in [-0.4, -0.2) is 32.2 Å². The van der Waals surface area contributed by atoms with E-state index < -0.39 is 29.0 Å². The number of nitrogens with zero attached hydrogens (tertiary/aromatic N) is 1. The zero-order valence-electron chi connectivity index (χ0n) is 17.5.